The largest absolute Gasteiger partial charge is 0.394 e. The highest BCUT2D eigenvalue weighted by Gasteiger charge is 2.45. The van der Waals surface area contributed by atoms with Gasteiger partial charge in [0.1, 0.15) is 18.3 Å². The first-order valence-corrected chi connectivity index (χ1v) is 8.14. The average molecular weight is 353 g/mol. The molecule has 25 heavy (non-hydrogen) atoms. The van der Waals surface area contributed by atoms with Gasteiger partial charge >= 0.3 is 0 Å². The number of imidazole rings is 1. The first-order valence-electron chi connectivity index (χ1n) is 8.14. The fourth-order valence-electron chi connectivity index (χ4n) is 2.84. The Morgan fingerprint density at radius 2 is 2.28 bits per heavy atom. The van der Waals surface area contributed by atoms with Gasteiger partial charge in [0.2, 0.25) is 5.95 Å². The molecule has 0 unspecified atom stereocenters. The number of ether oxygens (including phenoxy) is 2. The molecular formula is C15H23N5O5. The third-order valence-electron chi connectivity index (χ3n) is 4.15. The fraction of sp³-hybridized carbons (Fsp3) is 0.667. The second kappa shape index (κ2) is 7.08. The molecule has 1 aliphatic rings. The van der Waals surface area contributed by atoms with Gasteiger partial charge in [0.05, 0.1) is 12.9 Å². The van der Waals surface area contributed by atoms with E-state index in [-0.39, 0.29) is 17.7 Å². The topological polar surface area (TPSA) is 135 Å². The van der Waals surface area contributed by atoms with Crippen LogP contribution in [0.25, 0.3) is 11.2 Å². The number of aromatic nitrogens is 4. The fourth-order valence-corrected chi connectivity index (χ4v) is 2.84. The second-order valence-corrected chi connectivity index (χ2v) is 6.45. The van der Waals surface area contributed by atoms with E-state index in [0.29, 0.717) is 24.1 Å². The van der Waals surface area contributed by atoms with Crippen LogP contribution in [0.15, 0.2) is 11.1 Å². The molecule has 4 atom stereocenters. The summed E-state index contributed by atoms with van der Waals surface area (Å²) >= 11 is 0. The molecule has 0 aliphatic carbocycles. The highest BCUT2D eigenvalue weighted by Crippen LogP contribution is 2.32. The molecule has 10 nitrogen and oxygen atoms in total. The Morgan fingerprint density at radius 1 is 1.52 bits per heavy atom. The molecule has 0 aromatic carbocycles. The lowest BCUT2D eigenvalue weighted by atomic mass is 10.1. The van der Waals surface area contributed by atoms with E-state index >= 15 is 0 Å². The Kier molecular flexibility index (Phi) is 5.04. The van der Waals surface area contributed by atoms with Gasteiger partial charge in [-0.2, -0.15) is 4.98 Å². The molecule has 3 heterocycles. The van der Waals surface area contributed by atoms with Crippen molar-refractivity contribution in [1.29, 1.82) is 0 Å². The Bertz CT molecular complexity index is 788. The molecule has 1 fully saturated rings. The minimum atomic E-state index is -1.00. The van der Waals surface area contributed by atoms with Crippen molar-refractivity contribution in [1.82, 2.24) is 19.5 Å². The number of H-pyrrole nitrogens is 1. The summed E-state index contributed by atoms with van der Waals surface area (Å²) in [5.74, 6) is 0.710. The number of aromatic amines is 1. The summed E-state index contributed by atoms with van der Waals surface area (Å²) in [5, 5.41) is 22.6. The van der Waals surface area contributed by atoms with E-state index < -0.39 is 24.5 Å². The summed E-state index contributed by atoms with van der Waals surface area (Å²) in [5.41, 5.74) is 0.101. The summed E-state index contributed by atoms with van der Waals surface area (Å²) in [7, 11) is 1.44. The van der Waals surface area contributed by atoms with Crippen molar-refractivity contribution >= 4 is 17.1 Å². The molecule has 0 radical (unpaired) electrons. The van der Waals surface area contributed by atoms with Crippen LogP contribution in [0, 0.1) is 5.92 Å². The lowest BCUT2D eigenvalue weighted by molar-refractivity contribution is -0.0583. The van der Waals surface area contributed by atoms with Gasteiger partial charge in [0.25, 0.3) is 5.56 Å². The van der Waals surface area contributed by atoms with Gasteiger partial charge in [0.15, 0.2) is 17.4 Å². The Labute approximate surface area is 143 Å². The summed E-state index contributed by atoms with van der Waals surface area (Å²) in [4.78, 5) is 23.4. The highest BCUT2D eigenvalue weighted by molar-refractivity contribution is 5.71. The van der Waals surface area contributed by atoms with Crippen LogP contribution in [0.4, 0.5) is 5.95 Å². The van der Waals surface area contributed by atoms with Gasteiger partial charge in [-0.15, -0.1) is 0 Å². The Hall–Kier alpha value is -2.01. The van der Waals surface area contributed by atoms with E-state index in [1.165, 1.54) is 18.0 Å². The summed E-state index contributed by atoms with van der Waals surface area (Å²) in [6, 6.07) is 0. The van der Waals surface area contributed by atoms with Gasteiger partial charge in [-0.25, -0.2) is 4.98 Å². The molecule has 3 rings (SSSR count). The quantitative estimate of drug-likeness (QED) is 0.543. The van der Waals surface area contributed by atoms with E-state index in [0.717, 1.165) is 0 Å². The van der Waals surface area contributed by atoms with E-state index in [4.69, 9.17) is 9.47 Å². The number of nitrogens with zero attached hydrogens (tertiary/aromatic N) is 3. The van der Waals surface area contributed by atoms with Crippen LogP contribution in [0.3, 0.4) is 0 Å². The normalized spacial score (nSPS) is 26.6. The van der Waals surface area contributed by atoms with Crippen LogP contribution in [0.5, 0.6) is 0 Å². The van der Waals surface area contributed by atoms with Crippen LogP contribution < -0.4 is 10.9 Å². The maximum Gasteiger partial charge on any atom is 0.280 e. The van der Waals surface area contributed by atoms with Crippen molar-refractivity contribution in [2.75, 3.05) is 25.6 Å². The SMILES string of the molecule is CO[C@@H]1[C@H](O)[C@@H](CO)O[C@H]1n1cnc2c(=O)[nH]c(NCC(C)C)nc21. The zero-order valence-corrected chi connectivity index (χ0v) is 14.3. The third kappa shape index (κ3) is 3.25. The van der Waals surface area contributed by atoms with E-state index in [9.17, 15) is 15.0 Å². The van der Waals surface area contributed by atoms with Crippen molar-refractivity contribution in [3.63, 3.8) is 0 Å². The number of methoxy groups -OCH3 is 1. The zero-order chi connectivity index (χ0) is 18.1. The summed E-state index contributed by atoms with van der Waals surface area (Å²) in [6.45, 7) is 4.38. The molecule has 1 aliphatic heterocycles. The number of rotatable bonds is 6. The molecular weight excluding hydrogens is 330 g/mol. The monoisotopic (exact) mass is 353 g/mol. The minimum Gasteiger partial charge on any atom is -0.394 e. The van der Waals surface area contributed by atoms with Crippen molar-refractivity contribution in [3.05, 3.63) is 16.7 Å². The number of hydrogen-bond acceptors (Lipinski definition) is 8. The van der Waals surface area contributed by atoms with Crippen LogP contribution in [-0.4, -0.2) is 68.3 Å². The van der Waals surface area contributed by atoms with Crippen LogP contribution in [0.1, 0.15) is 20.1 Å². The molecule has 2 aromatic rings. The van der Waals surface area contributed by atoms with Gasteiger partial charge in [-0.1, -0.05) is 13.8 Å². The maximum absolute atomic E-state index is 12.2. The number of aliphatic hydroxyl groups is 2. The maximum atomic E-state index is 12.2. The zero-order valence-electron chi connectivity index (χ0n) is 14.3. The Balaban J connectivity index is 2.00. The number of hydrogen-bond donors (Lipinski definition) is 4. The molecule has 2 aromatic heterocycles. The summed E-state index contributed by atoms with van der Waals surface area (Å²) < 4.78 is 12.5. The summed E-state index contributed by atoms with van der Waals surface area (Å²) in [6.07, 6.45) is -1.84. The lowest BCUT2D eigenvalue weighted by Gasteiger charge is -2.20. The number of nitrogens with one attached hydrogen (secondary N) is 2. The third-order valence-corrected chi connectivity index (χ3v) is 4.15. The van der Waals surface area contributed by atoms with Crippen molar-refractivity contribution in [2.24, 2.45) is 5.92 Å². The van der Waals surface area contributed by atoms with Crippen molar-refractivity contribution in [2.45, 2.75) is 38.4 Å². The molecule has 0 spiro atoms. The minimum absolute atomic E-state index is 0.162. The smallest absolute Gasteiger partial charge is 0.280 e. The first-order chi connectivity index (χ1) is 12.0. The van der Waals surface area contributed by atoms with Crippen LogP contribution >= 0.6 is 0 Å². The molecule has 0 amide bonds. The van der Waals surface area contributed by atoms with Gasteiger partial charge in [0, 0.05) is 13.7 Å². The predicted molar refractivity (Wildman–Crippen MR) is 89.3 cm³/mol. The van der Waals surface area contributed by atoms with Gasteiger partial charge in [-0.05, 0) is 5.92 Å². The second-order valence-electron chi connectivity index (χ2n) is 6.45. The Morgan fingerprint density at radius 3 is 2.92 bits per heavy atom. The molecule has 4 N–H and O–H groups in total. The lowest BCUT2D eigenvalue weighted by Crippen LogP contribution is -2.34. The van der Waals surface area contributed by atoms with Crippen LogP contribution in [-0.2, 0) is 9.47 Å². The van der Waals surface area contributed by atoms with E-state index in [2.05, 4.69) is 20.3 Å². The number of aliphatic hydroxyl groups excluding tert-OH is 2. The molecule has 10 heteroatoms. The molecule has 1 saturated heterocycles. The first kappa shape index (κ1) is 17.8. The van der Waals surface area contributed by atoms with E-state index in [1.807, 2.05) is 13.8 Å². The van der Waals surface area contributed by atoms with Gasteiger partial charge < -0.3 is 25.0 Å². The standard InChI is InChI=1S/C15H23N5O5/c1-7(2)4-16-15-18-12-9(13(23)19-15)17-6-20(12)14-11(24-3)10(22)8(5-21)25-14/h6-8,10-11,14,21-22H,4-5H2,1-3H3,(H2,16,18,19,23)/t8-,10-,11-,14-/m1/s1. The van der Waals surface area contributed by atoms with E-state index in [1.54, 1.807) is 0 Å². The molecule has 0 saturated carbocycles. The average Bonchev–Trinajstić information content (AvgIpc) is 3.13. The number of anilines is 1. The highest BCUT2D eigenvalue weighted by atomic mass is 16.6. The number of fused-ring (bicyclic) bond motifs is 1. The predicted octanol–water partition coefficient (Wildman–Crippen LogP) is -0.547. The molecule has 0 bridgehead atoms. The van der Waals surface area contributed by atoms with Crippen molar-refractivity contribution in [3.8, 4) is 0 Å². The molecule has 138 valence electrons. The van der Waals surface area contributed by atoms with Crippen LogP contribution in [0.2, 0.25) is 0 Å². The van der Waals surface area contributed by atoms with Crippen molar-refractivity contribution < 1.29 is 19.7 Å². The van der Waals surface area contributed by atoms with Gasteiger partial charge in [-0.3, -0.25) is 14.3 Å².